The number of likely N-dealkylation sites (tertiary alicyclic amines) is 1. The number of aromatic nitrogens is 1. The topological polar surface area (TPSA) is 88.5 Å². The lowest BCUT2D eigenvalue weighted by atomic mass is 9.83. The molecule has 2 aliphatic rings. The van der Waals surface area contributed by atoms with Crippen molar-refractivity contribution < 1.29 is 13.2 Å². The second-order valence-corrected chi connectivity index (χ2v) is 10.9. The average molecular weight is 456 g/mol. The fourth-order valence-electron chi connectivity index (χ4n) is 4.56. The first-order valence-electron chi connectivity index (χ1n) is 10.1. The van der Waals surface area contributed by atoms with Crippen LogP contribution in [0.5, 0.6) is 0 Å². The molecule has 9 heteroatoms. The number of benzene rings is 1. The highest BCUT2D eigenvalue weighted by atomic mass is 32.2. The zero-order valence-electron chi connectivity index (χ0n) is 16.6. The molecule has 2 aliphatic heterocycles. The van der Waals surface area contributed by atoms with E-state index in [9.17, 15) is 18.0 Å². The summed E-state index contributed by atoms with van der Waals surface area (Å²) in [4.78, 5) is 27.9. The van der Waals surface area contributed by atoms with Crippen LogP contribution in [0.4, 0.5) is 5.69 Å². The van der Waals surface area contributed by atoms with Gasteiger partial charge in [0.1, 0.15) is 9.90 Å². The number of nitrogens with one attached hydrogen (secondary N) is 1. The molecule has 2 aromatic heterocycles. The minimum atomic E-state index is -3.79. The van der Waals surface area contributed by atoms with Crippen molar-refractivity contribution >= 4 is 33.0 Å². The summed E-state index contributed by atoms with van der Waals surface area (Å²) in [5.41, 5.74) is 1.23. The van der Waals surface area contributed by atoms with Crippen molar-refractivity contribution in [3.63, 3.8) is 0 Å². The molecule has 2 atom stereocenters. The molecule has 3 aromatic rings. The highest BCUT2D eigenvalue weighted by molar-refractivity contribution is 7.94. The van der Waals surface area contributed by atoms with E-state index in [0.29, 0.717) is 25.2 Å². The van der Waals surface area contributed by atoms with Gasteiger partial charge >= 0.3 is 0 Å². The van der Waals surface area contributed by atoms with Crippen LogP contribution in [-0.4, -0.2) is 36.9 Å². The molecule has 0 radical (unpaired) electrons. The Morgan fingerprint density at radius 3 is 2.55 bits per heavy atom. The molecule has 0 spiro atoms. The molecule has 2 unspecified atom stereocenters. The molecule has 160 valence electrons. The molecule has 7 nitrogen and oxygen atoms in total. The summed E-state index contributed by atoms with van der Waals surface area (Å²) in [5, 5.41) is 1.68. The molecule has 1 amide bonds. The van der Waals surface area contributed by atoms with E-state index in [2.05, 4.69) is 4.72 Å². The second-order valence-electron chi connectivity index (χ2n) is 8.00. The van der Waals surface area contributed by atoms with Gasteiger partial charge in [0.2, 0.25) is 0 Å². The number of thiophene rings is 1. The standard InChI is InChI=1S/C22H21N3O4S2/c26-21(16-5-2-1-3-6-16)24-12-15-11-17(14-24)19-9-8-18(22(27)25(19)13-15)23-31(28,29)20-7-4-10-30-20/h1-10,15,17,23H,11-14H2. The van der Waals surface area contributed by atoms with Crippen LogP contribution in [-0.2, 0) is 16.6 Å². The fraction of sp³-hybridized carbons (Fsp3) is 0.273. The quantitative estimate of drug-likeness (QED) is 0.655. The number of fused-ring (bicyclic) bond motifs is 4. The maximum Gasteiger partial charge on any atom is 0.275 e. The number of pyridine rings is 1. The Kier molecular flexibility index (Phi) is 4.94. The van der Waals surface area contributed by atoms with Gasteiger partial charge in [0, 0.05) is 36.8 Å². The van der Waals surface area contributed by atoms with Crippen LogP contribution in [0, 0.1) is 5.92 Å². The summed E-state index contributed by atoms with van der Waals surface area (Å²) >= 11 is 1.10. The Hall–Kier alpha value is -2.91. The predicted octanol–water partition coefficient (Wildman–Crippen LogP) is 2.97. The van der Waals surface area contributed by atoms with E-state index in [4.69, 9.17) is 0 Å². The van der Waals surface area contributed by atoms with Crippen LogP contribution in [0.2, 0.25) is 0 Å². The third kappa shape index (κ3) is 3.68. The first kappa shape index (κ1) is 20.0. The van der Waals surface area contributed by atoms with E-state index in [-0.39, 0.29) is 33.2 Å². The molecule has 1 saturated heterocycles. The molecule has 2 bridgehead atoms. The number of anilines is 1. The fourth-order valence-corrected chi connectivity index (χ4v) is 6.61. The predicted molar refractivity (Wildman–Crippen MR) is 119 cm³/mol. The van der Waals surface area contributed by atoms with E-state index in [0.717, 1.165) is 23.5 Å². The van der Waals surface area contributed by atoms with Crippen molar-refractivity contribution in [2.75, 3.05) is 17.8 Å². The number of carbonyl (C=O) groups excluding carboxylic acids is 1. The van der Waals surface area contributed by atoms with Crippen LogP contribution in [0.3, 0.4) is 0 Å². The highest BCUT2D eigenvalue weighted by Gasteiger charge is 2.37. The van der Waals surface area contributed by atoms with E-state index in [1.165, 1.54) is 12.1 Å². The summed E-state index contributed by atoms with van der Waals surface area (Å²) in [6, 6.07) is 15.7. The third-order valence-electron chi connectivity index (χ3n) is 5.92. The Balaban J connectivity index is 1.42. The normalized spacial score (nSPS) is 20.2. The number of carbonyl (C=O) groups is 1. The van der Waals surface area contributed by atoms with Gasteiger partial charge in [0.25, 0.3) is 21.5 Å². The summed E-state index contributed by atoms with van der Waals surface area (Å²) < 4.78 is 29.4. The van der Waals surface area contributed by atoms with E-state index < -0.39 is 10.0 Å². The summed E-state index contributed by atoms with van der Waals surface area (Å²) in [5.74, 6) is 0.211. The van der Waals surface area contributed by atoms with Crippen molar-refractivity contribution in [2.24, 2.45) is 5.92 Å². The van der Waals surface area contributed by atoms with Crippen molar-refractivity contribution in [3.8, 4) is 0 Å². The Labute approximate surface area is 184 Å². The number of sulfonamides is 1. The van der Waals surface area contributed by atoms with Gasteiger partial charge in [-0.3, -0.25) is 14.3 Å². The monoisotopic (exact) mass is 455 g/mol. The molecule has 4 heterocycles. The first-order valence-corrected chi connectivity index (χ1v) is 12.4. The minimum Gasteiger partial charge on any atom is -0.338 e. The maximum atomic E-state index is 13.1. The molecule has 1 aromatic carbocycles. The molecule has 1 fully saturated rings. The van der Waals surface area contributed by atoms with Crippen molar-refractivity contribution in [1.82, 2.24) is 9.47 Å². The van der Waals surface area contributed by atoms with Crippen LogP contribution in [0.15, 0.2) is 69.0 Å². The van der Waals surface area contributed by atoms with Gasteiger partial charge in [-0.1, -0.05) is 24.3 Å². The van der Waals surface area contributed by atoms with Crippen LogP contribution in [0.25, 0.3) is 0 Å². The van der Waals surface area contributed by atoms with E-state index in [1.54, 1.807) is 16.0 Å². The molecule has 31 heavy (non-hydrogen) atoms. The zero-order chi connectivity index (χ0) is 21.6. The molecule has 0 saturated carbocycles. The largest absolute Gasteiger partial charge is 0.338 e. The van der Waals surface area contributed by atoms with Gasteiger partial charge in [-0.05, 0) is 48.1 Å². The number of rotatable bonds is 4. The molecular weight excluding hydrogens is 434 g/mol. The van der Waals surface area contributed by atoms with Crippen LogP contribution < -0.4 is 10.3 Å². The second kappa shape index (κ2) is 7.65. The van der Waals surface area contributed by atoms with Crippen molar-refractivity contribution in [1.29, 1.82) is 0 Å². The molecule has 1 N–H and O–H groups in total. The lowest BCUT2D eigenvalue weighted by Crippen LogP contribution is -2.49. The lowest BCUT2D eigenvalue weighted by molar-refractivity contribution is 0.0594. The summed E-state index contributed by atoms with van der Waals surface area (Å²) in [7, 11) is -3.79. The van der Waals surface area contributed by atoms with Gasteiger partial charge in [0.15, 0.2) is 0 Å². The summed E-state index contributed by atoms with van der Waals surface area (Å²) in [6.45, 7) is 1.60. The van der Waals surface area contributed by atoms with Gasteiger partial charge in [-0.2, -0.15) is 0 Å². The highest BCUT2D eigenvalue weighted by Crippen LogP contribution is 2.36. The number of hydrogen-bond donors (Lipinski definition) is 1. The van der Waals surface area contributed by atoms with Gasteiger partial charge in [-0.15, -0.1) is 11.3 Å². The number of nitrogens with zero attached hydrogens (tertiary/aromatic N) is 2. The van der Waals surface area contributed by atoms with Gasteiger partial charge in [0.05, 0.1) is 0 Å². The average Bonchev–Trinajstić information content (AvgIpc) is 3.32. The van der Waals surface area contributed by atoms with Crippen molar-refractivity contribution in [2.45, 2.75) is 23.1 Å². The smallest absolute Gasteiger partial charge is 0.275 e. The van der Waals surface area contributed by atoms with E-state index >= 15 is 0 Å². The number of piperidine rings is 1. The molecule has 0 aliphatic carbocycles. The van der Waals surface area contributed by atoms with Crippen molar-refractivity contribution in [3.05, 3.63) is 81.6 Å². The summed E-state index contributed by atoms with van der Waals surface area (Å²) in [6.07, 6.45) is 0.915. The Morgan fingerprint density at radius 1 is 1.00 bits per heavy atom. The molecular formula is C22H21N3O4S2. The van der Waals surface area contributed by atoms with Gasteiger partial charge < -0.3 is 9.47 Å². The Bertz CT molecular complexity index is 1280. The SMILES string of the molecule is O=C(c1ccccc1)N1CC2CC(C1)c1ccc(NS(=O)(=O)c3cccs3)c(=O)n1C2. The number of hydrogen-bond acceptors (Lipinski definition) is 5. The zero-order valence-corrected chi connectivity index (χ0v) is 18.2. The van der Waals surface area contributed by atoms with Crippen LogP contribution in [0.1, 0.15) is 28.4 Å². The van der Waals surface area contributed by atoms with Gasteiger partial charge in [-0.25, -0.2) is 8.42 Å². The van der Waals surface area contributed by atoms with E-state index in [1.807, 2.05) is 41.3 Å². The van der Waals surface area contributed by atoms with Crippen LogP contribution >= 0.6 is 11.3 Å². The molecule has 5 rings (SSSR count). The first-order chi connectivity index (χ1) is 14.9. The third-order valence-corrected chi connectivity index (χ3v) is 8.68. The lowest BCUT2D eigenvalue weighted by Gasteiger charge is -2.43. The Morgan fingerprint density at radius 2 is 1.81 bits per heavy atom. The minimum absolute atomic E-state index is 0.00595. The number of amides is 1. The maximum absolute atomic E-state index is 13.1.